The number of benzene rings is 1. The van der Waals surface area contributed by atoms with Crippen LogP contribution in [0.2, 0.25) is 0 Å². The second-order valence-electron chi connectivity index (χ2n) is 6.41. The van der Waals surface area contributed by atoms with Crippen LogP contribution in [0.1, 0.15) is 18.9 Å². The van der Waals surface area contributed by atoms with Crippen molar-refractivity contribution in [1.29, 1.82) is 0 Å². The van der Waals surface area contributed by atoms with Crippen LogP contribution in [0.25, 0.3) is 0 Å². The SMILES string of the molecule is C=CCn1nnnc1SC(C)C(=O)NC1CCN(Cc2ccccc2)C1. The van der Waals surface area contributed by atoms with Crippen LogP contribution in [0, 0.1) is 0 Å². The van der Waals surface area contributed by atoms with Crippen molar-refractivity contribution in [3.63, 3.8) is 0 Å². The molecular formula is C18H24N6OS. The molecule has 2 heterocycles. The summed E-state index contributed by atoms with van der Waals surface area (Å²) in [5.41, 5.74) is 1.30. The predicted octanol–water partition coefficient (Wildman–Crippen LogP) is 1.73. The zero-order chi connectivity index (χ0) is 18.4. The maximum Gasteiger partial charge on any atom is 0.233 e. The van der Waals surface area contributed by atoms with E-state index in [4.69, 9.17) is 0 Å². The summed E-state index contributed by atoms with van der Waals surface area (Å²) in [4.78, 5) is 14.9. The van der Waals surface area contributed by atoms with Crippen molar-refractivity contribution >= 4 is 17.7 Å². The van der Waals surface area contributed by atoms with E-state index in [1.807, 2.05) is 13.0 Å². The quantitative estimate of drug-likeness (QED) is 0.562. The molecule has 2 aromatic rings. The Kier molecular flexibility index (Phi) is 6.40. The second kappa shape index (κ2) is 8.95. The number of thioether (sulfide) groups is 1. The van der Waals surface area contributed by atoms with Gasteiger partial charge in [0.25, 0.3) is 0 Å². The van der Waals surface area contributed by atoms with Crippen LogP contribution in [0.3, 0.4) is 0 Å². The van der Waals surface area contributed by atoms with Crippen molar-refractivity contribution in [3.8, 4) is 0 Å². The van der Waals surface area contributed by atoms with E-state index in [9.17, 15) is 4.79 Å². The molecule has 0 aliphatic carbocycles. The number of likely N-dealkylation sites (tertiary alicyclic amines) is 1. The van der Waals surface area contributed by atoms with E-state index in [1.165, 1.54) is 17.3 Å². The lowest BCUT2D eigenvalue weighted by atomic mass is 10.2. The number of amides is 1. The molecule has 3 rings (SSSR count). The van der Waals surface area contributed by atoms with E-state index >= 15 is 0 Å². The molecular weight excluding hydrogens is 348 g/mol. The molecule has 2 unspecified atom stereocenters. The fourth-order valence-electron chi connectivity index (χ4n) is 2.98. The van der Waals surface area contributed by atoms with Gasteiger partial charge in [0.15, 0.2) is 0 Å². The van der Waals surface area contributed by atoms with Crippen LogP contribution in [0.15, 0.2) is 48.1 Å². The second-order valence-corrected chi connectivity index (χ2v) is 7.72. The molecule has 1 aromatic carbocycles. The molecule has 26 heavy (non-hydrogen) atoms. The summed E-state index contributed by atoms with van der Waals surface area (Å²) in [7, 11) is 0. The van der Waals surface area contributed by atoms with Crippen LogP contribution >= 0.6 is 11.8 Å². The standard InChI is InChI=1S/C18H24N6OS/c1-3-10-24-18(20-21-22-24)26-14(2)17(25)19-16-9-11-23(13-16)12-15-7-5-4-6-8-15/h3-8,14,16H,1,9-13H2,2H3,(H,19,25). The van der Waals surface area contributed by atoms with Gasteiger partial charge in [-0.2, -0.15) is 0 Å². The monoisotopic (exact) mass is 372 g/mol. The molecule has 1 aliphatic rings. The van der Waals surface area contributed by atoms with Crippen molar-refractivity contribution < 1.29 is 4.79 Å². The molecule has 1 fully saturated rings. The van der Waals surface area contributed by atoms with Crippen LogP contribution < -0.4 is 5.32 Å². The topological polar surface area (TPSA) is 75.9 Å². The van der Waals surface area contributed by atoms with E-state index in [0.717, 1.165) is 26.1 Å². The van der Waals surface area contributed by atoms with Gasteiger partial charge in [0.05, 0.1) is 11.8 Å². The van der Waals surface area contributed by atoms with E-state index in [1.54, 1.807) is 10.8 Å². The minimum atomic E-state index is -0.257. The highest BCUT2D eigenvalue weighted by Crippen LogP contribution is 2.21. The summed E-state index contributed by atoms with van der Waals surface area (Å²) in [6.07, 6.45) is 2.70. The minimum absolute atomic E-state index is 0.0229. The number of nitrogens with one attached hydrogen (secondary N) is 1. The smallest absolute Gasteiger partial charge is 0.233 e. The lowest BCUT2D eigenvalue weighted by Gasteiger charge is -2.18. The van der Waals surface area contributed by atoms with Crippen LogP contribution in [-0.4, -0.2) is 55.4 Å². The molecule has 1 aromatic heterocycles. The Balaban J connectivity index is 1.47. The fraction of sp³-hybridized carbons (Fsp3) is 0.444. The van der Waals surface area contributed by atoms with Gasteiger partial charge in [-0.05, 0) is 29.3 Å². The number of rotatable bonds is 8. The number of hydrogen-bond donors (Lipinski definition) is 1. The molecule has 8 heteroatoms. The zero-order valence-electron chi connectivity index (χ0n) is 14.9. The van der Waals surface area contributed by atoms with E-state index in [0.29, 0.717) is 11.7 Å². The number of tetrazole rings is 1. The largest absolute Gasteiger partial charge is 0.351 e. The van der Waals surface area contributed by atoms with Crippen molar-refractivity contribution in [3.05, 3.63) is 48.6 Å². The van der Waals surface area contributed by atoms with Crippen LogP contribution in [0.4, 0.5) is 0 Å². The third kappa shape index (κ3) is 4.92. The zero-order valence-corrected chi connectivity index (χ0v) is 15.7. The Morgan fingerprint density at radius 1 is 1.46 bits per heavy atom. The number of hydrogen-bond acceptors (Lipinski definition) is 6. The Bertz CT molecular complexity index is 734. The van der Waals surface area contributed by atoms with Crippen molar-refractivity contribution in [2.75, 3.05) is 13.1 Å². The molecule has 1 N–H and O–H groups in total. The maximum atomic E-state index is 12.5. The lowest BCUT2D eigenvalue weighted by Crippen LogP contribution is -2.40. The first kappa shape index (κ1) is 18.6. The van der Waals surface area contributed by atoms with Gasteiger partial charge in [-0.3, -0.25) is 9.69 Å². The summed E-state index contributed by atoms with van der Waals surface area (Å²) in [6.45, 7) is 8.90. The van der Waals surface area contributed by atoms with Crippen molar-refractivity contribution in [2.24, 2.45) is 0 Å². The number of aromatic nitrogens is 4. The minimum Gasteiger partial charge on any atom is -0.351 e. The Morgan fingerprint density at radius 3 is 3.04 bits per heavy atom. The van der Waals surface area contributed by atoms with Gasteiger partial charge in [-0.25, -0.2) is 4.68 Å². The van der Waals surface area contributed by atoms with E-state index < -0.39 is 0 Å². The Hall–Kier alpha value is -2.19. The van der Waals surface area contributed by atoms with E-state index in [2.05, 4.69) is 56.6 Å². The molecule has 0 spiro atoms. The van der Waals surface area contributed by atoms with Gasteiger partial charge in [-0.15, -0.1) is 11.7 Å². The van der Waals surface area contributed by atoms with Gasteiger partial charge >= 0.3 is 0 Å². The number of allylic oxidation sites excluding steroid dienone is 1. The molecule has 0 bridgehead atoms. The van der Waals surface area contributed by atoms with Crippen molar-refractivity contribution in [1.82, 2.24) is 30.4 Å². The van der Waals surface area contributed by atoms with Crippen LogP contribution in [0.5, 0.6) is 0 Å². The molecule has 1 saturated heterocycles. The van der Waals surface area contributed by atoms with Crippen molar-refractivity contribution in [2.45, 2.75) is 42.9 Å². The average molecular weight is 372 g/mol. The van der Waals surface area contributed by atoms with E-state index in [-0.39, 0.29) is 17.2 Å². The average Bonchev–Trinajstić information content (AvgIpc) is 3.26. The first-order chi connectivity index (χ1) is 12.7. The summed E-state index contributed by atoms with van der Waals surface area (Å²) in [6, 6.07) is 10.6. The summed E-state index contributed by atoms with van der Waals surface area (Å²) in [5.74, 6) is 0.0229. The van der Waals surface area contributed by atoms with Gasteiger partial charge in [0, 0.05) is 25.7 Å². The first-order valence-electron chi connectivity index (χ1n) is 8.76. The third-order valence-electron chi connectivity index (χ3n) is 4.32. The highest BCUT2D eigenvalue weighted by atomic mass is 32.2. The molecule has 0 saturated carbocycles. The molecule has 7 nitrogen and oxygen atoms in total. The van der Waals surface area contributed by atoms with Gasteiger partial charge in [0.2, 0.25) is 11.1 Å². The molecule has 1 amide bonds. The fourth-order valence-corrected chi connectivity index (χ4v) is 3.79. The maximum absolute atomic E-state index is 12.5. The van der Waals surface area contributed by atoms with Crippen LogP contribution in [-0.2, 0) is 17.9 Å². The first-order valence-corrected chi connectivity index (χ1v) is 9.64. The molecule has 138 valence electrons. The van der Waals surface area contributed by atoms with Gasteiger partial charge < -0.3 is 5.32 Å². The number of carbonyl (C=O) groups is 1. The van der Waals surface area contributed by atoms with Gasteiger partial charge in [0.1, 0.15) is 0 Å². The third-order valence-corrected chi connectivity index (χ3v) is 5.39. The summed E-state index contributed by atoms with van der Waals surface area (Å²) in [5, 5.41) is 15.1. The summed E-state index contributed by atoms with van der Waals surface area (Å²) >= 11 is 1.37. The Labute approximate surface area is 157 Å². The number of carbonyl (C=O) groups excluding carboxylic acids is 1. The molecule has 0 radical (unpaired) electrons. The number of nitrogens with zero attached hydrogens (tertiary/aromatic N) is 5. The highest BCUT2D eigenvalue weighted by molar-refractivity contribution is 8.00. The normalized spacial score (nSPS) is 18.6. The predicted molar refractivity (Wildman–Crippen MR) is 102 cm³/mol. The highest BCUT2D eigenvalue weighted by Gasteiger charge is 2.26. The molecule has 2 atom stereocenters. The Morgan fingerprint density at radius 2 is 2.27 bits per heavy atom. The molecule has 1 aliphatic heterocycles. The summed E-state index contributed by atoms with van der Waals surface area (Å²) < 4.78 is 1.64. The lowest BCUT2D eigenvalue weighted by molar-refractivity contribution is -0.120. The van der Waals surface area contributed by atoms with Gasteiger partial charge in [-0.1, -0.05) is 48.2 Å².